The molecule has 0 unspecified atom stereocenters. The maximum atomic E-state index is 12.9. The molecule has 0 aromatic heterocycles. The third kappa shape index (κ3) is 4.70. The minimum Gasteiger partial charge on any atom is -0.349 e. The van der Waals surface area contributed by atoms with E-state index >= 15 is 0 Å². The smallest absolute Gasteiger partial charge is 0.251 e. The molecule has 1 heterocycles. The maximum Gasteiger partial charge on any atom is 0.251 e. The minimum atomic E-state index is 0.00870. The van der Waals surface area contributed by atoms with Gasteiger partial charge in [-0.25, -0.2) is 0 Å². The fourth-order valence-corrected chi connectivity index (χ4v) is 5.25. The van der Waals surface area contributed by atoms with Crippen molar-refractivity contribution in [3.8, 4) is 0 Å². The number of amides is 1. The van der Waals surface area contributed by atoms with E-state index in [-0.39, 0.29) is 11.9 Å². The van der Waals surface area contributed by atoms with Gasteiger partial charge in [-0.2, -0.15) is 0 Å². The third-order valence-corrected chi connectivity index (χ3v) is 7.16. The van der Waals surface area contributed by atoms with Crippen LogP contribution >= 0.6 is 23.4 Å². The van der Waals surface area contributed by atoms with Crippen molar-refractivity contribution < 1.29 is 4.79 Å². The highest BCUT2D eigenvalue weighted by Crippen LogP contribution is 2.42. The summed E-state index contributed by atoms with van der Waals surface area (Å²) >= 11 is 7.95. The Balaban J connectivity index is 1.62. The fraction of sp³-hybridized carbons (Fsp3) is 0.417. The van der Waals surface area contributed by atoms with Crippen molar-refractivity contribution in [2.24, 2.45) is 10.9 Å². The molecular formula is C24H27ClN2OS. The Bertz CT molecular complexity index is 948. The van der Waals surface area contributed by atoms with Gasteiger partial charge in [0.05, 0.1) is 5.69 Å². The molecule has 29 heavy (non-hydrogen) atoms. The molecule has 5 heteroatoms. The number of hydrogen-bond acceptors (Lipinski definition) is 3. The van der Waals surface area contributed by atoms with Gasteiger partial charge in [0.15, 0.2) is 0 Å². The highest BCUT2D eigenvalue weighted by molar-refractivity contribution is 7.99. The Morgan fingerprint density at radius 2 is 1.90 bits per heavy atom. The molecule has 3 nitrogen and oxygen atoms in total. The second-order valence-electron chi connectivity index (χ2n) is 8.16. The Hall–Kier alpha value is -1.78. The molecule has 1 fully saturated rings. The summed E-state index contributed by atoms with van der Waals surface area (Å²) < 4.78 is 0. The van der Waals surface area contributed by atoms with Gasteiger partial charge in [0.1, 0.15) is 0 Å². The number of aliphatic imine (C=N–C) groups is 1. The molecule has 1 aliphatic heterocycles. The number of nitrogens with zero attached hydrogens (tertiary/aromatic N) is 1. The molecule has 2 aromatic carbocycles. The van der Waals surface area contributed by atoms with Crippen molar-refractivity contribution in [1.29, 1.82) is 0 Å². The van der Waals surface area contributed by atoms with Crippen molar-refractivity contribution in [1.82, 2.24) is 5.32 Å². The van der Waals surface area contributed by atoms with E-state index < -0.39 is 0 Å². The van der Waals surface area contributed by atoms with Gasteiger partial charge in [-0.05, 0) is 74.4 Å². The molecule has 1 saturated carbocycles. The topological polar surface area (TPSA) is 41.5 Å². The predicted molar refractivity (Wildman–Crippen MR) is 122 cm³/mol. The first-order chi connectivity index (χ1) is 14.0. The van der Waals surface area contributed by atoms with Crippen molar-refractivity contribution >= 4 is 40.7 Å². The Morgan fingerprint density at radius 3 is 2.66 bits per heavy atom. The van der Waals surface area contributed by atoms with Crippen molar-refractivity contribution in [2.45, 2.75) is 68.2 Å². The van der Waals surface area contributed by atoms with E-state index in [1.165, 1.54) is 12.8 Å². The van der Waals surface area contributed by atoms with E-state index in [1.807, 2.05) is 30.3 Å². The van der Waals surface area contributed by atoms with Gasteiger partial charge in [-0.15, -0.1) is 0 Å². The van der Waals surface area contributed by atoms with Crippen LogP contribution in [0.5, 0.6) is 0 Å². The molecule has 0 saturated heterocycles. The molecule has 4 rings (SSSR count). The average molecular weight is 427 g/mol. The van der Waals surface area contributed by atoms with Gasteiger partial charge in [-0.3, -0.25) is 9.79 Å². The van der Waals surface area contributed by atoms with Crippen LogP contribution < -0.4 is 5.32 Å². The summed E-state index contributed by atoms with van der Waals surface area (Å²) in [5.74, 6) is 0.781. The zero-order valence-corrected chi connectivity index (χ0v) is 18.6. The van der Waals surface area contributed by atoms with E-state index in [0.29, 0.717) is 5.56 Å². The van der Waals surface area contributed by atoms with Crippen LogP contribution in [0.25, 0.3) is 0 Å². The Morgan fingerprint density at radius 1 is 1.14 bits per heavy atom. The number of carbonyl (C=O) groups is 1. The van der Waals surface area contributed by atoms with Crippen LogP contribution in [0.1, 0.15) is 68.3 Å². The maximum absolute atomic E-state index is 12.9. The minimum absolute atomic E-state index is 0.00870. The van der Waals surface area contributed by atoms with Crippen LogP contribution in [0.3, 0.4) is 0 Å². The molecule has 0 bridgehead atoms. The van der Waals surface area contributed by atoms with Crippen LogP contribution in [-0.2, 0) is 0 Å². The lowest BCUT2D eigenvalue weighted by Crippen LogP contribution is -2.37. The van der Waals surface area contributed by atoms with Gasteiger partial charge in [0, 0.05) is 37.7 Å². The Labute approximate surface area is 182 Å². The van der Waals surface area contributed by atoms with Gasteiger partial charge in [0.2, 0.25) is 0 Å². The summed E-state index contributed by atoms with van der Waals surface area (Å²) in [5, 5.41) is 3.95. The van der Waals surface area contributed by atoms with Gasteiger partial charge in [0.25, 0.3) is 5.91 Å². The summed E-state index contributed by atoms with van der Waals surface area (Å²) in [4.78, 5) is 20.1. The van der Waals surface area contributed by atoms with E-state index in [4.69, 9.17) is 16.6 Å². The summed E-state index contributed by atoms with van der Waals surface area (Å²) in [5.41, 5.74) is 3.69. The fourth-order valence-electron chi connectivity index (χ4n) is 4.07. The van der Waals surface area contributed by atoms with E-state index in [0.717, 1.165) is 63.4 Å². The van der Waals surface area contributed by atoms with Crippen molar-refractivity contribution in [3.63, 3.8) is 0 Å². The normalized spacial score (nSPS) is 20.9. The van der Waals surface area contributed by atoms with E-state index in [1.54, 1.807) is 11.8 Å². The predicted octanol–water partition coefficient (Wildman–Crippen LogP) is 7.03. The van der Waals surface area contributed by atoms with Crippen LogP contribution in [0.4, 0.5) is 5.69 Å². The molecule has 2 aliphatic rings. The average Bonchev–Trinajstić information content (AvgIpc) is 2.86. The first kappa shape index (κ1) is 20.5. The number of rotatable bonds is 4. The van der Waals surface area contributed by atoms with Crippen LogP contribution in [-0.4, -0.2) is 17.7 Å². The number of carbonyl (C=O) groups excluding carboxylic acids is 1. The highest BCUT2D eigenvalue weighted by Gasteiger charge is 2.22. The molecule has 1 N–H and O–H groups in total. The molecule has 1 aliphatic carbocycles. The zero-order valence-electron chi connectivity index (χ0n) is 17.0. The number of benzene rings is 2. The number of hydrogen-bond donors (Lipinski definition) is 1. The summed E-state index contributed by atoms with van der Waals surface area (Å²) in [7, 11) is 0. The second kappa shape index (κ2) is 8.93. The van der Waals surface area contributed by atoms with Crippen LogP contribution in [0, 0.1) is 5.92 Å². The van der Waals surface area contributed by atoms with Gasteiger partial charge in [-0.1, -0.05) is 43.6 Å². The van der Waals surface area contributed by atoms with Crippen LogP contribution in [0.2, 0.25) is 5.02 Å². The quantitative estimate of drug-likeness (QED) is 0.569. The number of fused-ring (bicyclic) bond motifs is 2. The largest absolute Gasteiger partial charge is 0.349 e. The Kier molecular flexibility index (Phi) is 6.31. The zero-order chi connectivity index (χ0) is 20.4. The van der Waals surface area contributed by atoms with E-state index in [9.17, 15) is 4.79 Å². The molecule has 0 radical (unpaired) electrons. The van der Waals surface area contributed by atoms with E-state index in [2.05, 4.69) is 25.2 Å². The number of nitrogens with one attached hydrogen (secondary N) is 1. The second-order valence-corrected chi connectivity index (χ2v) is 9.68. The lowest BCUT2D eigenvalue weighted by atomic mass is 9.87. The SMILES string of the molecule is CCCC1=Nc2cc(C(=O)NC3CCC(C)CC3)ccc2Sc2ccc(Cl)cc21. The molecule has 0 atom stereocenters. The van der Waals surface area contributed by atoms with Gasteiger partial charge >= 0.3 is 0 Å². The van der Waals surface area contributed by atoms with Gasteiger partial charge < -0.3 is 5.32 Å². The summed E-state index contributed by atoms with van der Waals surface area (Å²) in [6, 6.07) is 12.2. The lowest BCUT2D eigenvalue weighted by Gasteiger charge is -2.27. The molecular weight excluding hydrogens is 400 g/mol. The summed E-state index contributed by atoms with van der Waals surface area (Å²) in [6.45, 7) is 4.44. The first-order valence-corrected chi connectivity index (χ1v) is 11.7. The first-order valence-electron chi connectivity index (χ1n) is 10.5. The van der Waals surface area contributed by atoms with Crippen LogP contribution in [0.15, 0.2) is 51.2 Å². The standard InChI is InChI=1S/C24H27ClN2OS/c1-3-4-20-19-14-17(25)8-12-22(19)29-23-11-7-16(13-21(23)27-20)24(28)26-18-9-5-15(2)6-10-18/h7-8,11-15,18H,3-6,9-10H2,1-2H3,(H,26,28). The lowest BCUT2D eigenvalue weighted by molar-refractivity contribution is 0.0923. The monoisotopic (exact) mass is 426 g/mol. The molecule has 0 spiro atoms. The number of halogens is 1. The van der Waals surface area contributed by atoms with Crippen molar-refractivity contribution in [3.05, 3.63) is 52.5 Å². The molecule has 152 valence electrons. The summed E-state index contributed by atoms with van der Waals surface area (Å²) in [6.07, 6.45) is 6.41. The molecule has 1 amide bonds. The third-order valence-electron chi connectivity index (χ3n) is 5.79. The molecule has 2 aromatic rings. The highest BCUT2D eigenvalue weighted by atomic mass is 35.5. The van der Waals surface area contributed by atoms with Crippen molar-refractivity contribution in [2.75, 3.05) is 0 Å².